The number of likely N-dealkylation sites (tertiary alicyclic amines) is 1. The third-order valence-corrected chi connectivity index (χ3v) is 6.15. The smallest absolute Gasteiger partial charge is 0.408 e. The maximum atomic E-state index is 13.4. The number of carbonyl (C=O) groups is 2. The van der Waals surface area contributed by atoms with Crippen LogP contribution in [0.25, 0.3) is 0 Å². The molecule has 0 spiro atoms. The highest BCUT2D eigenvalue weighted by Gasteiger charge is 2.46. The minimum atomic E-state index is -0.789. The first-order valence-electron chi connectivity index (χ1n) is 10.8. The summed E-state index contributed by atoms with van der Waals surface area (Å²) in [5, 5.41) is 2.95. The third kappa shape index (κ3) is 5.17. The highest BCUT2D eigenvalue weighted by molar-refractivity contribution is 5.90. The van der Waals surface area contributed by atoms with E-state index in [9.17, 15) is 9.59 Å². The second kappa shape index (κ2) is 8.57. The minimum Gasteiger partial charge on any atom is -0.444 e. The van der Waals surface area contributed by atoms with Crippen LogP contribution < -0.4 is 5.32 Å². The predicted octanol–water partition coefficient (Wildman–Crippen LogP) is 2.54. The van der Waals surface area contributed by atoms with Crippen molar-refractivity contribution in [3.8, 4) is 0 Å². The molecule has 2 heterocycles. The van der Waals surface area contributed by atoms with Crippen LogP contribution in [0.1, 0.15) is 66.2 Å². The second-order valence-corrected chi connectivity index (χ2v) is 9.62. The van der Waals surface area contributed by atoms with Crippen LogP contribution in [0.3, 0.4) is 0 Å². The van der Waals surface area contributed by atoms with Gasteiger partial charge in [-0.05, 0) is 53.4 Å². The van der Waals surface area contributed by atoms with E-state index in [1.807, 2.05) is 25.7 Å². The molecule has 7 heteroatoms. The Morgan fingerprint density at radius 3 is 2.32 bits per heavy atom. The van der Waals surface area contributed by atoms with E-state index in [-0.39, 0.29) is 12.0 Å². The van der Waals surface area contributed by atoms with Crippen LogP contribution in [0, 0.1) is 0 Å². The summed E-state index contributed by atoms with van der Waals surface area (Å²) in [5.41, 5.74) is -1.36. The lowest BCUT2D eigenvalue weighted by atomic mass is 9.93. The third-order valence-electron chi connectivity index (χ3n) is 6.15. The molecule has 3 aliphatic rings. The Morgan fingerprint density at radius 1 is 1.11 bits per heavy atom. The van der Waals surface area contributed by atoms with E-state index in [1.165, 1.54) is 0 Å². The Morgan fingerprint density at radius 2 is 1.75 bits per heavy atom. The molecule has 1 atom stereocenters. The number of carbonyl (C=O) groups excluding carboxylic acids is 2. The van der Waals surface area contributed by atoms with E-state index < -0.39 is 17.2 Å². The van der Waals surface area contributed by atoms with E-state index in [4.69, 9.17) is 9.47 Å². The van der Waals surface area contributed by atoms with Crippen LogP contribution >= 0.6 is 0 Å². The zero-order valence-corrected chi connectivity index (χ0v) is 18.0. The van der Waals surface area contributed by atoms with Gasteiger partial charge in [0.05, 0.1) is 12.7 Å². The van der Waals surface area contributed by atoms with Crippen molar-refractivity contribution in [2.45, 2.75) is 89.5 Å². The molecule has 1 N–H and O–H groups in total. The summed E-state index contributed by atoms with van der Waals surface area (Å²) in [6.07, 6.45) is 5.10. The fourth-order valence-electron chi connectivity index (χ4n) is 4.78. The van der Waals surface area contributed by atoms with E-state index in [1.54, 1.807) is 0 Å². The molecule has 1 unspecified atom stereocenters. The zero-order valence-electron chi connectivity index (χ0n) is 18.0. The molecule has 0 aromatic carbocycles. The van der Waals surface area contributed by atoms with Gasteiger partial charge in [0.1, 0.15) is 11.1 Å². The summed E-state index contributed by atoms with van der Waals surface area (Å²) in [4.78, 5) is 30.2. The molecule has 0 aromatic rings. The quantitative estimate of drug-likeness (QED) is 0.795. The lowest BCUT2D eigenvalue weighted by Gasteiger charge is -2.43. The van der Waals surface area contributed by atoms with Crippen molar-refractivity contribution in [1.82, 2.24) is 15.1 Å². The molecular weight excluding hydrogens is 358 g/mol. The number of amides is 2. The molecule has 0 bridgehead atoms. The molecule has 160 valence electrons. The first-order valence-corrected chi connectivity index (χ1v) is 10.8. The van der Waals surface area contributed by atoms with Crippen LogP contribution in [0.2, 0.25) is 0 Å². The van der Waals surface area contributed by atoms with Crippen molar-refractivity contribution in [3.05, 3.63) is 0 Å². The number of hydrogen-bond donors (Lipinski definition) is 1. The number of ether oxygens (including phenoxy) is 2. The van der Waals surface area contributed by atoms with Gasteiger partial charge in [0.2, 0.25) is 5.91 Å². The van der Waals surface area contributed by atoms with Gasteiger partial charge < -0.3 is 19.7 Å². The average Bonchev–Trinajstić information content (AvgIpc) is 3.09. The molecule has 28 heavy (non-hydrogen) atoms. The zero-order chi connectivity index (χ0) is 20.4. The van der Waals surface area contributed by atoms with Crippen molar-refractivity contribution in [3.63, 3.8) is 0 Å². The number of alkyl carbamates (subject to hydrolysis) is 1. The van der Waals surface area contributed by atoms with Gasteiger partial charge in [-0.15, -0.1) is 0 Å². The topological polar surface area (TPSA) is 71.1 Å². The van der Waals surface area contributed by atoms with E-state index in [2.05, 4.69) is 17.1 Å². The molecule has 3 fully saturated rings. The molecule has 2 aliphatic heterocycles. The second-order valence-electron chi connectivity index (χ2n) is 9.62. The van der Waals surface area contributed by atoms with Gasteiger partial charge in [0.25, 0.3) is 0 Å². The Hall–Kier alpha value is -1.34. The average molecular weight is 396 g/mol. The lowest BCUT2D eigenvalue weighted by molar-refractivity contribution is -0.140. The fraction of sp³-hybridized carbons (Fsp3) is 0.905. The molecule has 0 radical (unpaired) electrons. The first kappa shape index (κ1) is 21.4. The van der Waals surface area contributed by atoms with Crippen LogP contribution in [0.15, 0.2) is 0 Å². The normalized spacial score (nSPS) is 26.9. The van der Waals surface area contributed by atoms with Crippen molar-refractivity contribution < 1.29 is 19.1 Å². The molecule has 7 nitrogen and oxygen atoms in total. The number of hydrogen-bond acceptors (Lipinski definition) is 5. The maximum Gasteiger partial charge on any atom is 0.408 e. The van der Waals surface area contributed by atoms with Crippen LogP contribution in [0.5, 0.6) is 0 Å². The van der Waals surface area contributed by atoms with Crippen molar-refractivity contribution in [2.75, 3.05) is 32.8 Å². The highest BCUT2D eigenvalue weighted by Crippen LogP contribution is 2.33. The van der Waals surface area contributed by atoms with Gasteiger partial charge in [-0.3, -0.25) is 9.69 Å². The number of rotatable bonds is 3. The van der Waals surface area contributed by atoms with Gasteiger partial charge in [-0.1, -0.05) is 12.8 Å². The monoisotopic (exact) mass is 395 g/mol. The van der Waals surface area contributed by atoms with Gasteiger partial charge in [0.15, 0.2) is 0 Å². The van der Waals surface area contributed by atoms with E-state index in [0.29, 0.717) is 18.9 Å². The number of nitrogens with one attached hydrogen (secondary N) is 1. The summed E-state index contributed by atoms with van der Waals surface area (Å²) in [5.74, 6) is 0.0738. The Labute approximate surface area is 169 Å². The Bertz CT molecular complexity index is 560. The molecule has 0 aromatic heterocycles. The first-order chi connectivity index (χ1) is 13.2. The molecule has 2 saturated heterocycles. The summed E-state index contributed by atoms with van der Waals surface area (Å²) >= 11 is 0. The largest absolute Gasteiger partial charge is 0.444 e. The fourth-order valence-corrected chi connectivity index (χ4v) is 4.78. The number of piperidine rings is 1. The lowest BCUT2D eigenvalue weighted by Crippen LogP contribution is -2.61. The Kier molecular flexibility index (Phi) is 6.54. The van der Waals surface area contributed by atoms with Gasteiger partial charge in [0, 0.05) is 32.2 Å². The molecule has 1 aliphatic carbocycles. The Balaban J connectivity index is 1.58. The highest BCUT2D eigenvalue weighted by atomic mass is 16.6. The van der Waals surface area contributed by atoms with E-state index >= 15 is 0 Å². The van der Waals surface area contributed by atoms with Crippen LogP contribution in [-0.4, -0.2) is 77.9 Å². The van der Waals surface area contributed by atoms with Gasteiger partial charge in [-0.2, -0.15) is 0 Å². The summed E-state index contributed by atoms with van der Waals surface area (Å²) in [6.45, 7) is 11.9. The van der Waals surface area contributed by atoms with Crippen LogP contribution in [0.4, 0.5) is 4.79 Å². The molecular formula is C21H37N3O4. The van der Waals surface area contributed by atoms with Gasteiger partial charge >= 0.3 is 6.09 Å². The molecule has 2 amide bonds. The van der Waals surface area contributed by atoms with Crippen molar-refractivity contribution in [2.24, 2.45) is 0 Å². The predicted molar refractivity (Wildman–Crippen MR) is 107 cm³/mol. The van der Waals surface area contributed by atoms with Crippen molar-refractivity contribution >= 4 is 12.0 Å². The number of nitrogens with zero attached hydrogens (tertiary/aromatic N) is 2. The standard InChI is InChI=1S/C21H37N3O4/c1-16-15-24(13-14-27-16)17-7-11-23(12-8-17)18(25)21(9-5-6-10-21)22-19(26)28-20(2,3)4/h16-17H,5-15H2,1-4H3,(H,22,26). The van der Waals surface area contributed by atoms with Crippen molar-refractivity contribution in [1.29, 1.82) is 0 Å². The maximum absolute atomic E-state index is 13.4. The molecule has 3 rings (SSSR count). The molecule has 1 saturated carbocycles. The van der Waals surface area contributed by atoms with Crippen LogP contribution in [-0.2, 0) is 14.3 Å². The van der Waals surface area contributed by atoms with E-state index in [0.717, 1.165) is 58.5 Å². The number of morpholine rings is 1. The SMILES string of the molecule is CC1CN(C2CCN(C(=O)C3(NC(=O)OC(C)(C)C)CCCC3)CC2)CCO1. The minimum absolute atomic E-state index is 0.0738. The van der Waals surface area contributed by atoms with Gasteiger partial charge in [-0.25, -0.2) is 4.79 Å². The summed E-state index contributed by atoms with van der Waals surface area (Å²) < 4.78 is 11.1. The summed E-state index contributed by atoms with van der Waals surface area (Å²) in [7, 11) is 0. The summed E-state index contributed by atoms with van der Waals surface area (Å²) in [6, 6.07) is 0.522.